The van der Waals surface area contributed by atoms with E-state index in [1.165, 1.54) is 11.8 Å². The molecule has 4 amide bonds. The van der Waals surface area contributed by atoms with Crippen molar-refractivity contribution < 1.29 is 19.2 Å². The van der Waals surface area contributed by atoms with Gasteiger partial charge in [-0.2, -0.15) is 0 Å². The van der Waals surface area contributed by atoms with Crippen molar-refractivity contribution in [3.63, 3.8) is 0 Å². The van der Waals surface area contributed by atoms with E-state index in [9.17, 15) is 19.2 Å². The Kier molecular flexibility index (Phi) is 6.67. The highest BCUT2D eigenvalue weighted by molar-refractivity contribution is 6.23. The minimum Gasteiger partial charge on any atom is -0.327 e. The second kappa shape index (κ2) is 9.20. The van der Waals surface area contributed by atoms with E-state index in [1.807, 2.05) is 6.92 Å². The summed E-state index contributed by atoms with van der Waals surface area (Å²) in [6.45, 7) is 3.36. The molecule has 1 N–H and O–H groups in total. The van der Waals surface area contributed by atoms with Crippen molar-refractivity contribution >= 4 is 35.0 Å². The highest BCUT2D eigenvalue weighted by atomic mass is 16.2. The number of hydrogen-bond donors (Lipinski definition) is 1. The van der Waals surface area contributed by atoms with Crippen LogP contribution in [0.4, 0.5) is 11.4 Å². The smallest absolute Gasteiger partial charge is 0.257 e. The van der Waals surface area contributed by atoms with Crippen molar-refractivity contribution in [2.24, 2.45) is 0 Å². The van der Waals surface area contributed by atoms with Crippen LogP contribution in [0, 0.1) is 0 Å². The fourth-order valence-corrected chi connectivity index (χ4v) is 4.34. The zero-order valence-corrected chi connectivity index (χ0v) is 17.1. The van der Waals surface area contributed by atoms with Crippen LogP contribution < -0.4 is 10.2 Å². The monoisotopic (exact) mass is 399 g/mol. The van der Waals surface area contributed by atoms with Crippen LogP contribution in [0.2, 0.25) is 0 Å². The number of nitrogens with one attached hydrogen (secondary N) is 1. The topological polar surface area (TPSA) is 86.8 Å². The van der Waals surface area contributed by atoms with Crippen molar-refractivity contribution in [3.8, 4) is 0 Å². The lowest BCUT2D eigenvalue weighted by Crippen LogP contribution is -2.51. The number of hydrogen-bond acceptors (Lipinski definition) is 4. The Bertz CT molecular complexity index is 784. The summed E-state index contributed by atoms with van der Waals surface area (Å²) in [5, 5.41) is 2.66. The van der Waals surface area contributed by atoms with E-state index in [0.717, 1.165) is 32.1 Å². The van der Waals surface area contributed by atoms with Gasteiger partial charge in [-0.3, -0.25) is 19.2 Å². The molecule has 29 heavy (non-hydrogen) atoms. The molecular formula is C22H29N3O4. The molecule has 0 spiro atoms. The Hall–Kier alpha value is -2.70. The summed E-state index contributed by atoms with van der Waals surface area (Å²) in [6.07, 6.45) is 6.14. The van der Waals surface area contributed by atoms with E-state index in [4.69, 9.17) is 0 Å². The molecule has 1 saturated heterocycles. The highest BCUT2D eigenvalue weighted by Crippen LogP contribution is 2.32. The summed E-state index contributed by atoms with van der Waals surface area (Å²) >= 11 is 0. The molecule has 0 aromatic heterocycles. The molecule has 156 valence electrons. The minimum atomic E-state index is -0.723. The number of imide groups is 1. The highest BCUT2D eigenvalue weighted by Gasteiger charge is 2.46. The van der Waals surface area contributed by atoms with Gasteiger partial charge >= 0.3 is 0 Å². The van der Waals surface area contributed by atoms with E-state index in [2.05, 4.69) is 5.32 Å². The molecule has 1 atom stereocenters. The van der Waals surface area contributed by atoms with Gasteiger partial charge in [0, 0.05) is 25.1 Å². The first-order valence-electron chi connectivity index (χ1n) is 10.5. The zero-order valence-electron chi connectivity index (χ0n) is 17.1. The standard InChI is InChI=1S/C22H29N3O4/c1-3-7-20(27)24(17-8-5-4-6-9-17)19-14-21(28)25(22(19)29)18-12-10-16(11-13-18)23-15(2)26/h10-13,17,19H,3-9,14H2,1-2H3,(H,23,26). The van der Waals surface area contributed by atoms with E-state index >= 15 is 0 Å². The van der Waals surface area contributed by atoms with Gasteiger partial charge in [-0.25, -0.2) is 4.90 Å². The quantitative estimate of drug-likeness (QED) is 0.744. The maximum Gasteiger partial charge on any atom is 0.257 e. The van der Waals surface area contributed by atoms with Crippen molar-refractivity contribution in [3.05, 3.63) is 24.3 Å². The third-order valence-corrected chi connectivity index (χ3v) is 5.62. The number of nitrogens with zero attached hydrogens (tertiary/aromatic N) is 2. The molecule has 3 rings (SSSR count). The van der Waals surface area contributed by atoms with Gasteiger partial charge in [0.2, 0.25) is 17.7 Å². The molecule has 1 aliphatic heterocycles. The van der Waals surface area contributed by atoms with Crippen LogP contribution in [0.3, 0.4) is 0 Å². The van der Waals surface area contributed by atoms with Gasteiger partial charge in [0.05, 0.1) is 12.1 Å². The lowest BCUT2D eigenvalue weighted by Gasteiger charge is -2.37. The van der Waals surface area contributed by atoms with Crippen molar-refractivity contribution in [2.45, 2.75) is 77.3 Å². The Balaban J connectivity index is 1.83. The van der Waals surface area contributed by atoms with Gasteiger partial charge in [0.15, 0.2) is 0 Å². The summed E-state index contributed by atoms with van der Waals surface area (Å²) in [4.78, 5) is 52.9. The molecule has 1 unspecified atom stereocenters. The number of carbonyl (C=O) groups excluding carboxylic acids is 4. The molecule has 1 saturated carbocycles. The summed E-state index contributed by atoms with van der Waals surface area (Å²) in [5.74, 6) is -0.855. The Labute approximate surface area is 171 Å². The fraction of sp³-hybridized carbons (Fsp3) is 0.545. The van der Waals surface area contributed by atoms with E-state index in [-0.39, 0.29) is 36.1 Å². The van der Waals surface area contributed by atoms with Gasteiger partial charge in [-0.1, -0.05) is 26.2 Å². The first kappa shape index (κ1) is 21.0. The molecule has 1 aliphatic carbocycles. The molecule has 1 heterocycles. The van der Waals surface area contributed by atoms with Crippen LogP contribution >= 0.6 is 0 Å². The summed E-state index contributed by atoms with van der Waals surface area (Å²) in [5.41, 5.74) is 1.06. The fourth-order valence-electron chi connectivity index (χ4n) is 4.34. The number of rotatable bonds is 6. The van der Waals surface area contributed by atoms with Crippen LogP contribution in [0.25, 0.3) is 0 Å². The predicted molar refractivity (Wildman–Crippen MR) is 110 cm³/mol. The summed E-state index contributed by atoms with van der Waals surface area (Å²) in [7, 11) is 0. The number of benzene rings is 1. The minimum absolute atomic E-state index is 0.0260. The first-order valence-corrected chi connectivity index (χ1v) is 10.5. The lowest BCUT2D eigenvalue weighted by atomic mass is 9.92. The second-order valence-electron chi connectivity index (χ2n) is 7.86. The Morgan fingerprint density at radius 1 is 1.10 bits per heavy atom. The molecule has 0 radical (unpaired) electrons. The van der Waals surface area contributed by atoms with Gasteiger partial charge in [-0.15, -0.1) is 0 Å². The molecular weight excluding hydrogens is 370 g/mol. The normalized spacial score (nSPS) is 20.1. The third kappa shape index (κ3) is 4.66. The van der Waals surface area contributed by atoms with Crippen LogP contribution in [0.15, 0.2) is 24.3 Å². The number of amides is 4. The van der Waals surface area contributed by atoms with Crippen molar-refractivity contribution in [1.82, 2.24) is 4.90 Å². The summed E-state index contributed by atoms with van der Waals surface area (Å²) < 4.78 is 0. The average molecular weight is 399 g/mol. The lowest BCUT2D eigenvalue weighted by molar-refractivity contribution is -0.141. The molecule has 7 nitrogen and oxygen atoms in total. The molecule has 0 bridgehead atoms. The van der Waals surface area contributed by atoms with Crippen LogP contribution in [-0.2, 0) is 19.2 Å². The van der Waals surface area contributed by atoms with Gasteiger partial charge in [0.1, 0.15) is 6.04 Å². The second-order valence-corrected chi connectivity index (χ2v) is 7.86. The van der Waals surface area contributed by atoms with E-state index < -0.39 is 6.04 Å². The van der Waals surface area contributed by atoms with E-state index in [1.54, 1.807) is 29.2 Å². The Morgan fingerprint density at radius 3 is 2.34 bits per heavy atom. The molecule has 2 fully saturated rings. The van der Waals surface area contributed by atoms with Crippen molar-refractivity contribution in [2.75, 3.05) is 10.2 Å². The first-order chi connectivity index (χ1) is 13.9. The van der Waals surface area contributed by atoms with Crippen LogP contribution in [-0.4, -0.2) is 40.6 Å². The van der Waals surface area contributed by atoms with Crippen LogP contribution in [0.5, 0.6) is 0 Å². The molecule has 2 aliphatic rings. The average Bonchev–Trinajstić information content (AvgIpc) is 2.97. The predicted octanol–water partition coefficient (Wildman–Crippen LogP) is 3.24. The Morgan fingerprint density at radius 2 is 1.76 bits per heavy atom. The largest absolute Gasteiger partial charge is 0.327 e. The molecule has 1 aromatic carbocycles. The summed E-state index contributed by atoms with van der Waals surface area (Å²) in [6, 6.07) is 5.91. The molecule has 7 heteroatoms. The van der Waals surface area contributed by atoms with E-state index in [0.29, 0.717) is 24.2 Å². The van der Waals surface area contributed by atoms with Crippen LogP contribution in [0.1, 0.15) is 65.2 Å². The van der Waals surface area contributed by atoms with Gasteiger partial charge in [-0.05, 0) is 43.5 Å². The SMILES string of the molecule is CCCC(=O)N(C1CCCCC1)C1CC(=O)N(c2ccc(NC(C)=O)cc2)C1=O. The van der Waals surface area contributed by atoms with Gasteiger partial charge < -0.3 is 10.2 Å². The maximum absolute atomic E-state index is 13.2. The molecule has 1 aromatic rings. The number of carbonyl (C=O) groups is 4. The number of anilines is 2. The third-order valence-electron chi connectivity index (χ3n) is 5.62. The van der Waals surface area contributed by atoms with Gasteiger partial charge in [0.25, 0.3) is 5.91 Å². The van der Waals surface area contributed by atoms with Crippen molar-refractivity contribution in [1.29, 1.82) is 0 Å². The maximum atomic E-state index is 13.2. The zero-order chi connectivity index (χ0) is 21.0.